The van der Waals surface area contributed by atoms with Crippen molar-refractivity contribution >= 4 is 0 Å². The zero-order chi connectivity index (χ0) is 13.8. The Morgan fingerprint density at radius 2 is 2.16 bits per heavy atom. The lowest BCUT2D eigenvalue weighted by Crippen LogP contribution is -2.27. The van der Waals surface area contributed by atoms with Gasteiger partial charge in [0.25, 0.3) is 0 Å². The van der Waals surface area contributed by atoms with Crippen LogP contribution in [0.3, 0.4) is 0 Å². The van der Waals surface area contributed by atoms with Gasteiger partial charge in [-0.25, -0.2) is 4.39 Å². The summed E-state index contributed by atoms with van der Waals surface area (Å²) in [4.78, 5) is 2.40. The molecule has 0 saturated heterocycles. The van der Waals surface area contributed by atoms with Crippen LogP contribution in [0.15, 0.2) is 18.2 Å². The van der Waals surface area contributed by atoms with E-state index >= 15 is 0 Å². The van der Waals surface area contributed by atoms with Gasteiger partial charge in [-0.05, 0) is 69.9 Å². The molecule has 0 aromatic heterocycles. The van der Waals surface area contributed by atoms with Gasteiger partial charge in [0, 0.05) is 12.6 Å². The standard InChI is InChI=1S/C16H25FN2/c1-12-4-7-14(10-15(12)17)16(18-2)8-9-19(3)11-13-5-6-13/h4,7,10,13,16,18H,5-6,8-9,11H2,1-3H3. The van der Waals surface area contributed by atoms with Crippen LogP contribution in [0.2, 0.25) is 0 Å². The zero-order valence-corrected chi connectivity index (χ0v) is 12.2. The van der Waals surface area contributed by atoms with Gasteiger partial charge in [0.1, 0.15) is 5.82 Å². The van der Waals surface area contributed by atoms with E-state index in [1.165, 1.54) is 19.4 Å². The molecule has 0 bridgehead atoms. The van der Waals surface area contributed by atoms with Gasteiger partial charge in [-0.2, -0.15) is 0 Å². The van der Waals surface area contributed by atoms with Crippen molar-refractivity contribution in [3.63, 3.8) is 0 Å². The maximum atomic E-state index is 13.6. The molecule has 2 rings (SSSR count). The first-order chi connectivity index (χ1) is 9.10. The Bertz CT molecular complexity index is 415. The average Bonchev–Trinajstić information content (AvgIpc) is 3.18. The molecule has 3 heteroatoms. The molecule has 1 N–H and O–H groups in total. The molecule has 0 spiro atoms. The highest BCUT2D eigenvalue weighted by atomic mass is 19.1. The van der Waals surface area contributed by atoms with Crippen molar-refractivity contribution in [3.05, 3.63) is 35.1 Å². The molecule has 1 saturated carbocycles. The van der Waals surface area contributed by atoms with Crippen molar-refractivity contribution in [1.82, 2.24) is 10.2 Å². The highest BCUT2D eigenvalue weighted by Gasteiger charge is 2.23. The van der Waals surface area contributed by atoms with Crippen LogP contribution < -0.4 is 5.32 Å². The van der Waals surface area contributed by atoms with Gasteiger partial charge in [0.15, 0.2) is 0 Å². The van der Waals surface area contributed by atoms with Crippen molar-refractivity contribution in [1.29, 1.82) is 0 Å². The molecule has 19 heavy (non-hydrogen) atoms. The zero-order valence-electron chi connectivity index (χ0n) is 12.2. The Balaban J connectivity index is 1.89. The molecule has 2 nitrogen and oxygen atoms in total. The Kier molecular flexibility index (Phi) is 4.94. The van der Waals surface area contributed by atoms with E-state index in [-0.39, 0.29) is 11.9 Å². The van der Waals surface area contributed by atoms with Crippen molar-refractivity contribution in [2.45, 2.75) is 32.2 Å². The topological polar surface area (TPSA) is 15.3 Å². The summed E-state index contributed by atoms with van der Waals surface area (Å²) in [6, 6.07) is 5.79. The number of nitrogens with one attached hydrogen (secondary N) is 1. The second-order valence-electron chi connectivity index (χ2n) is 5.84. The fourth-order valence-corrected chi connectivity index (χ4v) is 2.49. The molecule has 0 amide bonds. The van der Waals surface area contributed by atoms with Gasteiger partial charge in [-0.3, -0.25) is 0 Å². The van der Waals surface area contributed by atoms with Crippen molar-refractivity contribution < 1.29 is 4.39 Å². The van der Waals surface area contributed by atoms with Crippen LogP contribution in [0.4, 0.5) is 4.39 Å². The first-order valence-electron chi connectivity index (χ1n) is 7.22. The molecule has 1 aromatic carbocycles. The minimum atomic E-state index is -0.107. The summed E-state index contributed by atoms with van der Waals surface area (Å²) < 4.78 is 13.6. The first kappa shape index (κ1) is 14.5. The summed E-state index contributed by atoms with van der Waals surface area (Å²) >= 11 is 0. The molecule has 1 fully saturated rings. The highest BCUT2D eigenvalue weighted by Crippen LogP contribution is 2.29. The summed E-state index contributed by atoms with van der Waals surface area (Å²) in [6.45, 7) is 4.06. The number of aryl methyl sites for hydroxylation is 1. The molecule has 0 aliphatic heterocycles. The van der Waals surface area contributed by atoms with Crippen molar-refractivity contribution in [2.24, 2.45) is 5.92 Å². The SMILES string of the molecule is CNC(CCN(C)CC1CC1)c1ccc(C)c(F)c1. The number of rotatable bonds is 7. The normalized spacial score (nSPS) is 16.9. The van der Waals surface area contributed by atoms with E-state index in [1.54, 1.807) is 13.0 Å². The summed E-state index contributed by atoms with van der Waals surface area (Å²) in [5.41, 5.74) is 1.76. The Hall–Kier alpha value is -0.930. The lowest BCUT2D eigenvalue weighted by atomic mass is 10.0. The Labute approximate surface area is 116 Å². The molecule has 0 radical (unpaired) electrons. The van der Waals surface area contributed by atoms with Gasteiger partial charge in [-0.15, -0.1) is 0 Å². The maximum Gasteiger partial charge on any atom is 0.126 e. The molecule has 1 aromatic rings. The third-order valence-electron chi connectivity index (χ3n) is 4.01. The van der Waals surface area contributed by atoms with E-state index < -0.39 is 0 Å². The summed E-state index contributed by atoms with van der Waals surface area (Å²) in [6.07, 6.45) is 3.80. The second-order valence-corrected chi connectivity index (χ2v) is 5.84. The van der Waals surface area contributed by atoms with Gasteiger partial charge >= 0.3 is 0 Å². The lowest BCUT2D eigenvalue weighted by molar-refractivity contribution is 0.299. The molecular formula is C16H25FN2. The smallest absolute Gasteiger partial charge is 0.126 e. The monoisotopic (exact) mass is 264 g/mol. The van der Waals surface area contributed by atoms with Crippen LogP contribution in [0, 0.1) is 18.7 Å². The third kappa shape index (κ3) is 4.29. The second kappa shape index (κ2) is 6.49. The van der Waals surface area contributed by atoms with Crippen LogP contribution in [0.1, 0.15) is 36.4 Å². The van der Waals surface area contributed by atoms with Crippen LogP contribution in [-0.2, 0) is 0 Å². The van der Waals surface area contributed by atoms with E-state index in [4.69, 9.17) is 0 Å². The summed E-state index contributed by atoms with van der Waals surface area (Å²) in [5.74, 6) is 0.818. The van der Waals surface area contributed by atoms with Crippen molar-refractivity contribution in [2.75, 3.05) is 27.2 Å². The van der Waals surface area contributed by atoms with E-state index in [9.17, 15) is 4.39 Å². The lowest BCUT2D eigenvalue weighted by Gasteiger charge is -2.22. The average molecular weight is 264 g/mol. The van der Waals surface area contributed by atoms with Crippen molar-refractivity contribution in [3.8, 4) is 0 Å². The summed E-state index contributed by atoms with van der Waals surface area (Å²) in [5, 5.41) is 3.30. The van der Waals surface area contributed by atoms with Gasteiger partial charge in [-0.1, -0.05) is 12.1 Å². The van der Waals surface area contributed by atoms with E-state index in [0.717, 1.165) is 24.4 Å². The van der Waals surface area contributed by atoms with E-state index in [0.29, 0.717) is 5.56 Å². The molecule has 0 heterocycles. The van der Waals surface area contributed by atoms with E-state index in [1.807, 2.05) is 19.2 Å². The Morgan fingerprint density at radius 3 is 2.74 bits per heavy atom. The van der Waals surface area contributed by atoms with Gasteiger partial charge < -0.3 is 10.2 Å². The number of nitrogens with zero attached hydrogens (tertiary/aromatic N) is 1. The number of hydrogen-bond acceptors (Lipinski definition) is 2. The maximum absolute atomic E-state index is 13.6. The van der Waals surface area contributed by atoms with Gasteiger partial charge in [0.05, 0.1) is 0 Å². The molecule has 1 atom stereocenters. The fourth-order valence-electron chi connectivity index (χ4n) is 2.49. The molecular weight excluding hydrogens is 239 g/mol. The predicted molar refractivity (Wildman–Crippen MR) is 77.8 cm³/mol. The number of hydrogen-bond donors (Lipinski definition) is 1. The van der Waals surface area contributed by atoms with Crippen LogP contribution in [-0.4, -0.2) is 32.1 Å². The molecule has 1 aliphatic rings. The van der Waals surface area contributed by atoms with Gasteiger partial charge in [0.2, 0.25) is 0 Å². The minimum Gasteiger partial charge on any atom is -0.313 e. The predicted octanol–water partition coefficient (Wildman–Crippen LogP) is 3.13. The first-order valence-corrected chi connectivity index (χ1v) is 7.22. The Morgan fingerprint density at radius 1 is 1.42 bits per heavy atom. The van der Waals surface area contributed by atoms with Crippen LogP contribution >= 0.6 is 0 Å². The molecule has 1 aliphatic carbocycles. The number of benzene rings is 1. The highest BCUT2D eigenvalue weighted by molar-refractivity contribution is 5.25. The fraction of sp³-hybridized carbons (Fsp3) is 0.625. The van der Waals surface area contributed by atoms with Crippen LogP contribution in [0.5, 0.6) is 0 Å². The molecule has 1 unspecified atom stereocenters. The molecule has 106 valence electrons. The summed E-state index contributed by atoms with van der Waals surface area (Å²) in [7, 11) is 4.13. The number of halogens is 1. The van der Waals surface area contributed by atoms with E-state index in [2.05, 4.69) is 17.3 Å². The minimum absolute atomic E-state index is 0.107. The largest absolute Gasteiger partial charge is 0.313 e. The quantitative estimate of drug-likeness (QED) is 0.814. The van der Waals surface area contributed by atoms with Crippen LogP contribution in [0.25, 0.3) is 0 Å². The third-order valence-corrected chi connectivity index (χ3v) is 4.01.